The number of methoxy groups -OCH3 is 1. The Balaban J connectivity index is 1.87. The third-order valence-electron chi connectivity index (χ3n) is 3.82. The van der Waals surface area contributed by atoms with E-state index in [-0.39, 0.29) is 23.5 Å². The van der Waals surface area contributed by atoms with E-state index in [0.29, 0.717) is 5.75 Å². The smallest absolute Gasteiger partial charge is 0.338 e. The highest BCUT2D eigenvalue weighted by Gasteiger charge is 2.15. The lowest BCUT2D eigenvalue weighted by Gasteiger charge is -2.10. The normalized spacial score (nSPS) is 10.8. The van der Waals surface area contributed by atoms with E-state index in [1.807, 2.05) is 18.2 Å². The molecule has 2 aromatic carbocycles. The van der Waals surface area contributed by atoms with Gasteiger partial charge in [0.1, 0.15) is 5.75 Å². The summed E-state index contributed by atoms with van der Waals surface area (Å²) >= 11 is 0. The van der Waals surface area contributed by atoms with Crippen LogP contribution in [0.15, 0.2) is 66.1 Å². The number of benzene rings is 2. The van der Waals surface area contributed by atoms with Crippen molar-refractivity contribution in [3.63, 3.8) is 0 Å². The molecule has 29 heavy (non-hydrogen) atoms. The van der Waals surface area contributed by atoms with Crippen LogP contribution in [0.4, 0.5) is 0 Å². The van der Waals surface area contributed by atoms with Crippen LogP contribution < -0.4 is 14.8 Å². The lowest BCUT2D eigenvalue weighted by molar-refractivity contribution is -0.124. The molecule has 0 radical (unpaired) electrons. The zero-order chi connectivity index (χ0) is 21.3. The molecule has 9 heteroatoms. The Labute approximate surface area is 169 Å². The Bertz CT molecular complexity index is 971. The summed E-state index contributed by atoms with van der Waals surface area (Å²) < 4.78 is 36.5. The second kappa shape index (κ2) is 10.4. The maximum atomic E-state index is 12.1. The Kier molecular flexibility index (Phi) is 7.93. The first-order chi connectivity index (χ1) is 13.9. The van der Waals surface area contributed by atoms with Gasteiger partial charge in [0.25, 0.3) is 5.91 Å². The minimum Gasteiger partial charge on any atom is -0.496 e. The lowest BCUT2D eigenvalue weighted by atomic mass is 10.2. The Morgan fingerprint density at radius 2 is 1.79 bits per heavy atom. The molecular formula is C20H22N2O6S. The number of sulfonamides is 1. The van der Waals surface area contributed by atoms with Crippen LogP contribution in [0.3, 0.4) is 0 Å². The van der Waals surface area contributed by atoms with E-state index in [1.165, 1.54) is 37.5 Å². The number of amides is 1. The maximum Gasteiger partial charge on any atom is 0.338 e. The van der Waals surface area contributed by atoms with E-state index in [2.05, 4.69) is 16.6 Å². The number of esters is 1. The highest BCUT2D eigenvalue weighted by atomic mass is 32.2. The Morgan fingerprint density at radius 3 is 2.45 bits per heavy atom. The fourth-order valence-electron chi connectivity index (χ4n) is 2.33. The van der Waals surface area contributed by atoms with Crippen molar-refractivity contribution in [1.82, 2.24) is 10.0 Å². The predicted molar refractivity (Wildman–Crippen MR) is 107 cm³/mol. The van der Waals surface area contributed by atoms with Crippen LogP contribution in [0.2, 0.25) is 0 Å². The van der Waals surface area contributed by atoms with Gasteiger partial charge in [-0.1, -0.05) is 24.3 Å². The van der Waals surface area contributed by atoms with Crippen molar-refractivity contribution in [3.8, 4) is 5.75 Å². The molecule has 0 heterocycles. The molecule has 1 amide bonds. The average molecular weight is 418 g/mol. The quantitative estimate of drug-likeness (QED) is 0.448. The minimum atomic E-state index is -3.68. The first kappa shape index (κ1) is 22.1. The molecule has 0 atom stereocenters. The lowest BCUT2D eigenvalue weighted by Crippen LogP contribution is -2.28. The van der Waals surface area contributed by atoms with Crippen molar-refractivity contribution in [3.05, 3.63) is 72.3 Å². The molecular weight excluding hydrogens is 396 g/mol. The van der Waals surface area contributed by atoms with Gasteiger partial charge in [-0.3, -0.25) is 4.79 Å². The third kappa shape index (κ3) is 6.44. The Hall–Kier alpha value is -3.17. The summed E-state index contributed by atoms with van der Waals surface area (Å²) in [7, 11) is -2.14. The first-order valence-corrected chi connectivity index (χ1v) is 10.1. The summed E-state index contributed by atoms with van der Waals surface area (Å²) in [5, 5.41) is 2.64. The third-order valence-corrected chi connectivity index (χ3v) is 5.26. The molecule has 0 aliphatic carbocycles. The number of hydrogen-bond acceptors (Lipinski definition) is 6. The summed E-state index contributed by atoms with van der Waals surface area (Å²) in [5.74, 6) is -0.570. The molecule has 2 aromatic rings. The molecule has 0 bridgehead atoms. The first-order valence-electron chi connectivity index (χ1n) is 8.63. The van der Waals surface area contributed by atoms with E-state index in [0.717, 1.165) is 5.56 Å². The molecule has 0 saturated carbocycles. The second-order valence-corrected chi connectivity index (χ2v) is 7.60. The number of ether oxygens (including phenoxy) is 2. The molecule has 0 fully saturated rings. The second-order valence-electron chi connectivity index (χ2n) is 5.83. The van der Waals surface area contributed by atoms with E-state index < -0.39 is 28.5 Å². The van der Waals surface area contributed by atoms with Gasteiger partial charge in [0.15, 0.2) is 6.61 Å². The molecule has 2 N–H and O–H groups in total. The monoisotopic (exact) mass is 418 g/mol. The standard InChI is InChI=1S/C20H22N2O6S/c1-3-12-22-29(25,26)17-10-8-15(9-11-17)20(24)28-14-19(23)21-13-16-6-4-5-7-18(16)27-2/h3-11,22H,1,12-14H2,2H3,(H,21,23). The van der Waals surface area contributed by atoms with Crippen molar-refractivity contribution in [2.24, 2.45) is 0 Å². The molecule has 0 unspecified atom stereocenters. The molecule has 0 aliphatic rings. The van der Waals surface area contributed by atoms with E-state index >= 15 is 0 Å². The van der Waals surface area contributed by atoms with E-state index in [9.17, 15) is 18.0 Å². The SMILES string of the molecule is C=CCNS(=O)(=O)c1ccc(C(=O)OCC(=O)NCc2ccccc2OC)cc1. The summed E-state index contributed by atoms with van der Waals surface area (Å²) in [5.41, 5.74) is 0.918. The zero-order valence-corrected chi connectivity index (χ0v) is 16.7. The number of carbonyl (C=O) groups is 2. The van der Waals surface area contributed by atoms with Crippen LogP contribution in [0, 0.1) is 0 Å². The van der Waals surface area contributed by atoms with Crippen molar-refractivity contribution in [2.75, 3.05) is 20.3 Å². The maximum absolute atomic E-state index is 12.1. The van der Waals surface area contributed by atoms with Gasteiger partial charge < -0.3 is 14.8 Å². The fourth-order valence-corrected chi connectivity index (χ4v) is 3.33. The molecule has 0 saturated heterocycles. The van der Waals surface area contributed by atoms with Crippen LogP contribution in [0.1, 0.15) is 15.9 Å². The van der Waals surface area contributed by atoms with Crippen molar-refractivity contribution >= 4 is 21.9 Å². The van der Waals surface area contributed by atoms with Gasteiger partial charge in [-0.2, -0.15) is 0 Å². The Morgan fingerprint density at radius 1 is 1.10 bits per heavy atom. The summed E-state index contributed by atoms with van der Waals surface area (Å²) in [4.78, 5) is 24.0. The van der Waals surface area contributed by atoms with Crippen LogP contribution in [0.5, 0.6) is 5.75 Å². The van der Waals surface area contributed by atoms with Gasteiger partial charge in [0.2, 0.25) is 10.0 Å². The predicted octanol–water partition coefficient (Wildman–Crippen LogP) is 1.63. The van der Waals surface area contributed by atoms with Crippen molar-refractivity contribution in [1.29, 1.82) is 0 Å². The summed E-state index contributed by atoms with van der Waals surface area (Å²) in [6, 6.07) is 12.4. The molecule has 0 aromatic heterocycles. The highest BCUT2D eigenvalue weighted by Crippen LogP contribution is 2.16. The van der Waals surface area contributed by atoms with Gasteiger partial charge in [-0.05, 0) is 30.3 Å². The van der Waals surface area contributed by atoms with E-state index in [4.69, 9.17) is 9.47 Å². The molecule has 154 valence electrons. The molecule has 8 nitrogen and oxygen atoms in total. The minimum absolute atomic E-state index is 0.00505. The van der Waals surface area contributed by atoms with Gasteiger partial charge in [0.05, 0.1) is 17.6 Å². The average Bonchev–Trinajstić information content (AvgIpc) is 2.74. The summed E-state index contributed by atoms with van der Waals surface area (Å²) in [6.07, 6.45) is 1.42. The highest BCUT2D eigenvalue weighted by molar-refractivity contribution is 7.89. The molecule has 2 rings (SSSR count). The summed E-state index contributed by atoms with van der Waals surface area (Å²) in [6.45, 7) is 3.30. The van der Waals surface area contributed by atoms with Crippen molar-refractivity contribution < 1.29 is 27.5 Å². The molecule has 0 aliphatic heterocycles. The van der Waals surface area contributed by atoms with E-state index in [1.54, 1.807) is 6.07 Å². The fraction of sp³-hybridized carbons (Fsp3) is 0.200. The number of carbonyl (C=O) groups excluding carboxylic acids is 2. The van der Waals surface area contributed by atoms with Gasteiger partial charge in [0, 0.05) is 18.7 Å². The largest absolute Gasteiger partial charge is 0.496 e. The topological polar surface area (TPSA) is 111 Å². The zero-order valence-electron chi connectivity index (χ0n) is 15.9. The van der Waals surface area contributed by atoms with Crippen LogP contribution in [0.25, 0.3) is 0 Å². The number of nitrogens with one attached hydrogen (secondary N) is 2. The van der Waals surface area contributed by atoms with Gasteiger partial charge in [-0.25, -0.2) is 17.9 Å². The van der Waals surface area contributed by atoms with Gasteiger partial charge >= 0.3 is 5.97 Å². The number of rotatable bonds is 10. The van der Waals surface area contributed by atoms with Crippen LogP contribution in [-0.4, -0.2) is 40.6 Å². The molecule has 0 spiro atoms. The number of hydrogen-bond donors (Lipinski definition) is 2. The van der Waals surface area contributed by atoms with Crippen LogP contribution in [-0.2, 0) is 26.1 Å². The van der Waals surface area contributed by atoms with Crippen LogP contribution >= 0.6 is 0 Å². The van der Waals surface area contributed by atoms with Gasteiger partial charge in [-0.15, -0.1) is 6.58 Å². The number of para-hydroxylation sites is 1. The van der Waals surface area contributed by atoms with Crippen molar-refractivity contribution in [2.45, 2.75) is 11.4 Å².